The lowest BCUT2D eigenvalue weighted by molar-refractivity contribution is -0.0580. The van der Waals surface area contributed by atoms with Crippen molar-refractivity contribution in [3.8, 4) is 5.75 Å². The van der Waals surface area contributed by atoms with E-state index in [2.05, 4.69) is 37.5 Å². The summed E-state index contributed by atoms with van der Waals surface area (Å²) in [5.74, 6) is 1.13. The average Bonchev–Trinajstić information content (AvgIpc) is 3.21. The molecule has 2 aliphatic heterocycles. The fourth-order valence-corrected chi connectivity index (χ4v) is 5.45. The maximum atomic E-state index is 13.2. The van der Waals surface area contributed by atoms with Gasteiger partial charge in [0.1, 0.15) is 11.9 Å². The topological polar surface area (TPSA) is 83.1 Å². The van der Waals surface area contributed by atoms with Gasteiger partial charge in [-0.2, -0.15) is 0 Å². The number of likely N-dealkylation sites (tertiary alicyclic amines) is 1. The van der Waals surface area contributed by atoms with E-state index in [1.165, 1.54) is 0 Å². The Hall–Kier alpha value is -1.83. The van der Waals surface area contributed by atoms with Crippen LogP contribution >= 0.6 is 0 Å². The Labute approximate surface area is 205 Å². The van der Waals surface area contributed by atoms with Crippen LogP contribution in [0.25, 0.3) is 0 Å². The summed E-state index contributed by atoms with van der Waals surface area (Å²) in [6.45, 7) is 8.98. The SMILES string of the molecule is CNC[C@@H](NC(=O)N1CCC[C@@H]([C@@](O)(CCCCOC)c2cccc3c2OC(C)C3)C1)C(C)C. The molecule has 1 aromatic rings. The molecular formula is C27H45N3O4. The molecule has 1 aromatic carbocycles. The lowest BCUT2D eigenvalue weighted by Gasteiger charge is -2.43. The van der Waals surface area contributed by atoms with Crippen LogP contribution in [0, 0.1) is 11.8 Å². The van der Waals surface area contributed by atoms with Gasteiger partial charge < -0.3 is 30.1 Å². The molecule has 1 fully saturated rings. The summed E-state index contributed by atoms with van der Waals surface area (Å²) in [5.41, 5.74) is 0.997. The van der Waals surface area contributed by atoms with Gasteiger partial charge in [-0.3, -0.25) is 0 Å². The average molecular weight is 476 g/mol. The summed E-state index contributed by atoms with van der Waals surface area (Å²) in [4.78, 5) is 15.1. The first-order chi connectivity index (χ1) is 16.3. The number of hydrogen-bond acceptors (Lipinski definition) is 5. The molecule has 0 saturated carbocycles. The van der Waals surface area contributed by atoms with Crippen molar-refractivity contribution in [2.45, 2.75) is 77.0 Å². The van der Waals surface area contributed by atoms with Crippen LogP contribution < -0.4 is 15.4 Å². The van der Waals surface area contributed by atoms with Crippen molar-refractivity contribution in [2.24, 2.45) is 11.8 Å². The number of amides is 2. The molecule has 1 unspecified atom stereocenters. The van der Waals surface area contributed by atoms with Crippen LogP contribution in [0.1, 0.15) is 64.0 Å². The molecular weight excluding hydrogens is 430 g/mol. The minimum atomic E-state index is -1.05. The van der Waals surface area contributed by atoms with E-state index < -0.39 is 5.60 Å². The number of rotatable bonds is 11. The normalized spacial score (nSPS) is 22.7. The highest BCUT2D eigenvalue weighted by atomic mass is 16.5. The number of carbonyl (C=O) groups excluding carboxylic acids is 1. The van der Waals surface area contributed by atoms with Crippen molar-refractivity contribution < 1.29 is 19.4 Å². The second kappa shape index (κ2) is 12.2. The second-order valence-electron chi connectivity index (χ2n) is 10.4. The smallest absolute Gasteiger partial charge is 0.317 e. The molecule has 0 radical (unpaired) electrons. The molecule has 0 aromatic heterocycles. The van der Waals surface area contributed by atoms with Gasteiger partial charge in [-0.25, -0.2) is 4.79 Å². The van der Waals surface area contributed by atoms with Crippen molar-refractivity contribution in [3.63, 3.8) is 0 Å². The van der Waals surface area contributed by atoms with Crippen LogP contribution in [0.3, 0.4) is 0 Å². The Morgan fingerprint density at radius 1 is 1.35 bits per heavy atom. The first kappa shape index (κ1) is 26.8. The molecule has 7 nitrogen and oxygen atoms in total. The molecule has 0 bridgehead atoms. The molecule has 0 aliphatic carbocycles. The van der Waals surface area contributed by atoms with Crippen LogP contribution in [0.2, 0.25) is 0 Å². The lowest BCUT2D eigenvalue weighted by Crippen LogP contribution is -2.54. The highest BCUT2D eigenvalue weighted by Gasteiger charge is 2.44. The Morgan fingerprint density at radius 3 is 2.85 bits per heavy atom. The van der Waals surface area contributed by atoms with Crippen molar-refractivity contribution >= 4 is 6.03 Å². The van der Waals surface area contributed by atoms with Crippen molar-refractivity contribution in [3.05, 3.63) is 29.3 Å². The summed E-state index contributed by atoms with van der Waals surface area (Å²) >= 11 is 0. The molecule has 0 spiro atoms. The van der Waals surface area contributed by atoms with Crippen LogP contribution in [-0.2, 0) is 16.8 Å². The number of likely N-dealkylation sites (N-methyl/N-ethyl adjacent to an activating group) is 1. The third-order valence-electron chi connectivity index (χ3n) is 7.47. The Balaban J connectivity index is 1.82. The molecule has 7 heteroatoms. The molecule has 34 heavy (non-hydrogen) atoms. The predicted molar refractivity (Wildman–Crippen MR) is 135 cm³/mol. The molecule has 3 rings (SSSR count). The van der Waals surface area contributed by atoms with Crippen molar-refractivity contribution in [2.75, 3.05) is 40.4 Å². The Morgan fingerprint density at radius 2 is 2.15 bits per heavy atom. The number of nitrogens with zero attached hydrogens (tertiary/aromatic N) is 1. The van der Waals surface area contributed by atoms with Gasteiger partial charge in [0.2, 0.25) is 0 Å². The van der Waals surface area contributed by atoms with Gasteiger partial charge in [0.15, 0.2) is 0 Å². The maximum absolute atomic E-state index is 13.2. The van der Waals surface area contributed by atoms with Crippen LogP contribution in [0.15, 0.2) is 18.2 Å². The second-order valence-corrected chi connectivity index (χ2v) is 10.4. The van der Waals surface area contributed by atoms with Gasteiger partial charge in [0, 0.05) is 57.3 Å². The zero-order valence-corrected chi connectivity index (χ0v) is 21.7. The zero-order chi connectivity index (χ0) is 24.7. The number of nitrogens with one attached hydrogen (secondary N) is 2. The standard InChI is InChI=1S/C27H45N3O4/c1-19(2)24(17-28-4)29-26(31)30-14-9-11-22(18-30)27(32,13-6-7-15-33-5)23-12-8-10-21-16-20(3)34-25(21)23/h8,10,12,19-20,22,24,28,32H,6-7,9,11,13-18H2,1-5H3,(H,29,31)/t20?,22-,24-,27+/m1/s1. The van der Waals surface area contributed by atoms with E-state index in [-0.39, 0.29) is 24.1 Å². The summed E-state index contributed by atoms with van der Waals surface area (Å²) in [7, 11) is 3.62. The summed E-state index contributed by atoms with van der Waals surface area (Å²) in [5, 5.41) is 18.7. The summed E-state index contributed by atoms with van der Waals surface area (Å²) in [6.07, 6.45) is 5.11. The quantitative estimate of drug-likeness (QED) is 0.425. The predicted octanol–water partition coefficient (Wildman–Crippen LogP) is 3.68. The monoisotopic (exact) mass is 475 g/mol. The van der Waals surface area contributed by atoms with E-state index in [1.807, 2.05) is 24.1 Å². The minimum absolute atomic E-state index is 0.0384. The summed E-state index contributed by atoms with van der Waals surface area (Å²) < 4.78 is 11.4. The molecule has 4 atom stereocenters. The number of benzene rings is 1. The number of carbonyl (C=O) groups is 1. The fourth-order valence-electron chi connectivity index (χ4n) is 5.45. The lowest BCUT2D eigenvalue weighted by atomic mass is 9.73. The van der Waals surface area contributed by atoms with E-state index in [0.29, 0.717) is 32.0 Å². The first-order valence-electron chi connectivity index (χ1n) is 13.0. The number of fused-ring (bicyclic) bond motifs is 1. The third-order valence-corrected chi connectivity index (χ3v) is 7.47. The van der Waals surface area contributed by atoms with E-state index in [4.69, 9.17) is 9.47 Å². The molecule has 3 N–H and O–H groups in total. The van der Waals surface area contributed by atoms with Crippen molar-refractivity contribution in [1.29, 1.82) is 0 Å². The zero-order valence-electron chi connectivity index (χ0n) is 21.7. The number of ether oxygens (including phenoxy) is 2. The first-order valence-corrected chi connectivity index (χ1v) is 13.0. The van der Waals surface area contributed by atoms with E-state index >= 15 is 0 Å². The van der Waals surface area contributed by atoms with Crippen LogP contribution in [0.5, 0.6) is 5.75 Å². The molecule has 2 amide bonds. The number of aliphatic hydroxyl groups is 1. The number of piperidine rings is 1. The molecule has 192 valence electrons. The van der Waals surface area contributed by atoms with Gasteiger partial charge in [0.05, 0.1) is 5.60 Å². The minimum Gasteiger partial charge on any atom is -0.490 e. The van der Waals surface area contributed by atoms with Crippen LogP contribution in [-0.4, -0.2) is 68.6 Å². The van der Waals surface area contributed by atoms with E-state index in [0.717, 1.165) is 55.5 Å². The van der Waals surface area contributed by atoms with E-state index in [1.54, 1.807) is 7.11 Å². The van der Waals surface area contributed by atoms with Crippen molar-refractivity contribution in [1.82, 2.24) is 15.5 Å². The van der Waals surface area contributed by atoms with Gasteiger partial charge in [0.25, 0.3) is 0 Å². The Kier molecular flexibility index (Phi) is 9.63. The maximum Gasteiger partial charge on any atom is 0.317 e. The van der Waals surface area contributed by atoms with Gasteiger partial charge in [-0.1, -0.05) is 32.0 Å². The Bertz CT molecular complexity index is 802. The number of para-hydroxylation sites is 1. The van der Waals surface area contributed by atoms with Crippen LogP contribution in [0.4, 0.5) is 4.79 Å². The molecule has 2 heterocycles. The molecule has 1 saturated heterocycles. The fraction of sp³-hybridized carbons (Fsp3) is 0.741. The number of methoxy groups -OCH3 is 1. The molecule has 2 aliphatic rings. The third kappa shape index (κ3) is 6.23. The van der Waals surface area contributed by atoms with Gasteiger partial charge in [-0.15, -0.1) is 0 Å². The number of urea groups is 1. The summed E-state index contributed by atoms with van der Waals surface area (Å²) in [6, 6.07) is 6.19. The van der Waals surface area contributed by atoms with Gasteiger partial charge in [-0.05, 0) is 57.6 Å². The number of unbranched alkanes of at least 4 members (excludes halogenated alkanes) is 1. The largest absolute Gasteiger partial charge is 0.490 e. The highest BCUT2D eigenvalue weighted by Crippen LogP contribution is 2.46. The van der Waals surface area contributed by atoms with Gasteiger partial charge >= 0.3 is 6.03 Å². The highest BCUT2D eigenvalue weighted by molar-refractivity contribution is 5.74. The number of hydrogen-bond donors (Lipinski definition) is 3. The van der Waals surface area contributed by atoms with E-state index in [9.17, 15) is 9.90 Å².